The molecule has 0 saturated heterocycles. The van der Waals surface area contributed by atoms with Crippen molar-refractivity contribution in [1.29, 1.82) is 0 Å². The standard InChI is InChI=1S/C26H28N4O3/c1-2-33-22-12-10-21(11-13-22)23-19-24-26(32)29(17-18-30(24)28-23)16-14-25(31)27-15-6-9-20-7-4-3-5-8-20/h3-5,7-8,10-13,17-19H,2,6,9,14-16H2,1H3,(H,27,31). The molecule has 0 aliphatic heterocycles. The van der Waals surface area contributed by atoms with E-state index in [9.17, 15) is 9.59 Å². The average molecular weight is 445 g/mol. The largest absolute Gasteiger partial charge is 0.494 e. The average Bonchev–Trinajstić information content (AvgIpc) is 3.28. The van der Waals surface area contributed by atoms with Crippen molar-refractivity contribution in [3.8, 4) is 17.0 Å². The second-order valence-corrected chi connectivity index (χ2v) is 7.80. The van der Waals surface area contributed by atoms with E-state index >= 15 is 0 Å². The molecule has 4 rings (SSSR count). The first-order valence-corrected chi connectivity index (χ1v) is 11.3. The van der Waals surface area contributed by atoms with Gasteiger partial charge in [-0.2, -0.15) is 5.10 Å². The zero-order valence-electron chi connectivity index (χ0n) is 18.7. The Labute approximate surface area is 192 Å². The van der Waals surface area contributed by atoms with Crippen LogP contribution in [0.3, 0.4) is 0 Å². The van der Waals surface area contributed by atoms with Crippen LogP contribution in [0.15, 0.2) is 77.9 Å². The quantitative estimate of drug-likeness (QED) is 0.379. The molecule has 7 nitrogen and oxygen atoms in total. The number of nitrogens with one attached hydrogen (secondary N) is 1. The molecule has 4 aromatic rings. The normalized spacial score (nSPS) is 10.9. The molecule has 0 unspecified atom stereocenters. The van der Waals surface area contributed by atoms with Gasteiger partial charge in [0.25, 0.3) is 5.56 Å². The molecule has 0 bridgehead atoms. The van der Waals surface area contributed by atoms with Crippen LogP contribution >= 0.6 is 0 Å². The molecule has 0 aliphatic carbocycles. The Hall–Kier alpha value is -3.87. The van der Waals surface area contributed by atoms with Crippen LogP contribution in [0.4, 0.5) is 0 Å². The van der Waals surface area contributed by atoms with Crippen molar-refractivity contribution >= 4 is 11.4 Å². The lowest BCUT2D eigenvalue weighted by atomic mass is 10.1. The van der Waals surface area contributed by atoms with Crippen molar-refractivity contribution < 1.29 is 9.53 Å². The predicted molar refractivity (Wildman–Crippen MR) is 128 cm³/mol. The minimum atomic E-state index is -0.168. The first-order valence-electron chi connectivity index (χ1n) is 11.3. The van der Waals surface area contributed by atoms with Gasteiger partial charge in [0.15, 0.2) is 0 Å². The number of carbonyl (C=O) groups excluding carboxylic acids is 1. The molecule has 2 heterocycles. The Morgan fingerprint density at radius 3 is 2.61 bits per heavy atom. The molecule has 1 amide bonds. The van der Waals surface area contributed by atoms with Gasteiger partial charge < -0.3 is 14.6 Å². The summed E-state index contributed by atoms with van der Waals surface area (Å²) in [7, 11) is 0. The molecular weight excluding hydrogens is 416 g/mol. The monoisotopic (exact) mass is 444 g/mol. The number of aryl methyl sites for hydroxylation is 2. The molecule has 0 fully saturated rings. The van der Waals surface area contributed by atoms with Crippen molar-refractivity contribution in [1.82, 2.24) is 19.5 Å². The summed E-state index contributed by atoms with van der Waals surface area (Å²) in [5, 5.41) is 7.45. The fraction of sp³-hybridized carbons (Fsp3) is 0.269. The lowest BCUT2D eigenvalue weighted by Crippen LogP contribution is -2.28. The lowest BCUT2D eigenvalue weighted by molar-refractivity contribution is -0.121. The minimum absolute atomic E-state index is 0.0570. The maximum atomic E-state index is 12.9. The van der Waals surface area contributed by atoms with Crippen molar-refractivity contribution in [2.45, 2.75) is 32.7 Å². The summed E-state index contributed by atoms with van der Waals surface area (Å²) in [6.45, 7) is 3.49. The first-order chi connectivity index (χ1) is 16.1. The number of carbonyl (C=O) groups is 1. The summed E-state index contributed by atoms with van der Waals surface area (Å²) in [5.41, 5.74) is 3.19. The molecular formula is C26H28N4O3. The van der Waals surface area contributed by atoms with Gasteiger partial charge in [-0.15, -0.1) is 0 Å². The number of hydrogen-bond donors (Lipinski definition) is 1. The lowest BCUT2D eigenvalue weighted by Gasteiger charge is -2.07. The number of fused-ring (bicyclic) bond motifs is 1. The van der Waals surface area contributed by atoms with Gasteiger partial charge in [0.2, 0.25) is 5.91 Å². The fourth-order valence-corrected chi connectivity index (χ4v) is 3.71. The number of rotatable bonds is 10. The van der Waals surface area contributed by atoms with E-state index in [1.165, 1.54) is 5.56 Å². The summed E-state index contributed by atoms with van der Waals surface area (Å²) in [6, 6.07) is 19.6. The SMILES string of the molecule is CCOc1ccc(-c2cc3c(=O)n(CCC(=O)NCCCc4ccccc4)ccn3n2)cc1. The van der Waals surface area contributed by atoms with Gasteiger partial charge in [0.1, 0.15) is 11.3 Å². The summed E-state index contributed by atoms with van der Waals surface area (Å²) in [6.07, 6.45) is 5.47. The molecule has 33 heavy (non-hydrogen) atoms. The number of benzene rings is 2. The molecule has 2 aromatic heterocycles. The third-order valence-electron chi connectivity index (χ3n) is 5.45. The van der Waals surface area contributed by atoms with Gasteiger partial charge in [-0.3, -0.25) is 9.59 Å². The van der Waals surface area contributed by atoms with Crippen LogP contribution in [0.1, 0.15) is 25.3 Å². The minimum Gasteiger partial charge on any atom is -0.494 e. The van der Waals surface area contributed by atoms with E-state index in [0.717, 1.165) is 24.2 Å². The molecule has 0 spiro atoms. The van der Waals surface area contributed by atoms with Crippen molar-refractivity contribution in [2.24, 2.45) is 0 Å². The van der Waals surface area contributed by atoms with E-state index in [4.69, 9.17) is 4.74 Å². The Morgan fingerprint density at radius 2 is 1.85 bits per heavy atom. The van der Waals surface area contributed by atoms with Crippen LogP contribution < -0.4 is 15.6 Å². The molecule has 0 atom stereocenters. The highest BCUT2D eigenvalue weighted by Gasteiger charge is 2.10. The zero-order chi connectivity index (χ0) is 23.0. The Bertz CT molecular complexity index is 1260. The van der Waals surface area contributed by atoms with E-state index in [0.29, 0.717) is 30.9 Å². The summed E-state index contributed by atoms with van der Waals surface area (Å²) in [4.78, 5) is 25.1. The Morgan fingerprint density at radius 1 is 1.06 bits per heavy atom. The fourth-order valence-electron chi connectivity index (χ4n) is 3.71. The second-order valence-electron chi connectivity index (χ2n) is 7.80. The van der Waals surface area contributed by atoms with Crippen LogP contribution in [0.25, 0.3) is 16.8 Å². The predicted octanol–water partition coefficient (Wildman–Crippen LogP) is 3.70. The highest BCUT2D eigenvalue weighted by molar-refractivity contribution is 5.75. The maximum absolute atomic E-state index is 12.9. The Balaban J connectivity index is 1.34. The van der Waals surface area contributed by atoms with Crippen LogP contribution in [0.2, 0.25) is 0 Å². The van der Waals surface area contributed by atoms with E-state index in [2.05, 4.69) is 22.5 Å². The van der Waals surface area contributed by atoms with Crippen LogP contribution in [0.5, 0.6) is 5.75 Å². The van der Waals surface area contributed by atoms with Gasteiger partial charge in [0, 0.05) is 37.5 Å². The number of amides is 1. The number of ether oxygens (including phenoxy) is 1. The van der Waals surface area contributed by atoms with Crippen LogP contribution in [-0.4, -0.2) is 33.2 Å². The van der Waals surface area contributed by atoms with E-state index in [1.54, 1.807) is 27.5 Å². The number of hydrogen-bond acceptors (Lipinski definition) is 4. The molecule has 7 heteroatoms. The number of nitrogens with zero attached hydrogens (tertiary/aromatic N) is 3. The van der Waals surface area contributed by atoms with E-state index < -0.39 is 0 Å². The van der Waals surface area contributed by atoms with E-state index in [1.807, 2.05) is 49.4 Å². The zero-order valence-corrected chi connectivity index (χ0v) is 18.7. The summed E-state index contributed by atoms with van der Waals surface area (Å²) >= 11 is 0. The van der Waals surface area contributed by atoms with Crippen molar-refractivity contribution in [3.05, 3.63) is 89.0 Å². The number of aromatic nitrogens is 3. The van der Waals surface area contributed by atoms with Crippen molar-refractivity contribution in [2.75, 3.05) is 13.2 Å². The molecule has 2 aromatic carbocycles. The molecule has 0 aliphatic rings. The molecule has 1 N–H and O–H groups in total. The smallest absolute Gasteiger partial charge is 0.276 e. The van der Waals surface area contributed by atoms with Gasteiger partial charge >= 0.3 is 0 Å². The highest BCUT2D eigenvalue weighted by Crippen LogP contribution is 2.21. The van der Waals surface area contributed by atoms with E-state index in [-0.39, 0.29) is 17.9 Å². The Kier molecular flexibility index (Phi) is 7.19. The van der Waals surface area contributed by atoms with Gasteiger partial charge in [-0.1, -0.05) is 30.3 Å². The second kappa shape index (κ2) is 10.6. The molecule has 0 saturated carbocycles. The maximum Gasteiger partial charge on any atom is 0.276 e. The third-order valence-corrected chi connectivity index (χ3v) is 5.45. The van der Waals surface area contributed by atoms with Gasteiger partial charge in [-0.25, -0.2) is 4.52 Å². The highest BCUT2D eigenvalue weighted by atomic mass is 16.5. The third kappa shape index (κ3) is 5.68. The van der Waals surface area contributed by atoms with Crippen LogP contribution in [-0.2, 0) is 17.8 Å². The summed E-state index contributed by atoms with van der Waals surface area (Å²) < 4.78 is 8.61. The van der Waals surface area contributed by atoms with Gasteiger partial charge in [-0.05, 0) is 55.7 Å². The molecule has 170 valence electrons. The first kappa shape index (κ1) is 22.3. The molecule has 0 radical (unpaired) electrons. The van der Waals surface area contributed by atoms with Crippen molar-refractivity contribution in [3.63, 3.8) is 0 Å². The topological polar surface area (TPSA) is 77.6 Å². The van der Waals surface area contributed by atoms with Crippen LogP contribution in [0, 0.1) is 0 Å². The summed E-state index contributed by atoms with van der Waals surface area (Å²) in [5.74, 6) is 0.740. The van der Waals surface area contributed by atoms with Gasteiger partial charge in [0.05, 0.1) is 12.3 Å².